The topological polar surface area (TPSA) is 49.4 Å². The second-order valence-electron chi connectivity index (χ2n) is 7.44. The van der Waals surface area contributed by atoms with Crippen LogP contribution < -0.4 is 5.32 Å². The molecule has 0 aliphatic heterocycles. The number of thioether (sulfide) groups is 1. The number of hydrogen-bond donors (Lipinski definition) is 1. The first-order chi connectivity index (χ1) is 14.4. The van der Waals surface area contributed by atoms with E-state index in [0.29, 0.717) is 18.7 Å². The van der Waals surface area contributed by atoms with Gasteiger partial charge in [-0.2, -0.15) is 0 Å². The number of rotatable bonds is 11. The summed E-state index contributed by atoms with van der Waals surface area (Å²) in [4.78, 5) is 27.3. The van der Waals surface area contributed by atoms with E-state index in [1.54, 1.807) is 24.0 Å². The summed E-state index contributed by atoms with van der Waals surface area (Å²) < 4.78 is 13.0. The van der Waals surface area contributed by atoms with Gasteiger partial charge < -0.3 is 10.2 Å². The number of amides is 2. The van der Waals surface area contributed by atoms with Crippen molar-refractivity contribution in [1.29, 1.82) is 0 Å². The number of halogens is 1. The SMILES string of the molecule is CC[C@@H](C)NC(=O)[C@@H](C)N(CCc1ccccc1)C(=O)CSCc1ccc(F)cc1. The van der Waals surface area contributed by atoms with Crippen LogP contribution in [0.15, 0.2) is 54.6 Å². The molecule has 0 aliphatic carbocycles. The molecule has 30 heavy (non-hydrogen) atoms. The summed E-state index contributed by atoms with van der Waals surface area (Å²) in [5.74, 6) is 0.422. The number of hydrogen-bond acceptors (Lipinski definition) is 3. The number of carbonyl (C=O) groups is 2. The summed E-state index contributed by atoms with van der Waals surface area (Å²) in [5.41, 5.74) is 2.09. The molecule has 2 atom stereocenters. The van der Waals surface area contributed by atoms with E-state index in [1.165, 1.54) is 23.9 Å². The van der Waals surface area contributed by atoms with Crippen LogP contribution in [-0.2, 0) is 21.8 Å². The molecule has 0 bridgehead atoms. The Morgan fingerprint density at radius 1 is 1.03 bits per heavy atom. The van der Waals surface area contributed by atoms with Crippen LogP contribution in [0.1, 0.15) is 38.3 Å². The lowest BCUT2D eigenvalue weighted by Gasteiger charge is -2.29. The van der Waals surface area contributed by atoms with Crippen LogP contribution in [0.2, 0.25) is 0 Å². The Hall–Kier alpha value is -2.34. The van der Waals surface area contributed by atoms with Crippen molar-refractivity contribution in [1.82, 2.24) is 10.2 Å². The van der Waals surface area contributed by atoms with Gasteiger partial charge in [0.2, 0.25) is 11.8 Å². The van der Waals surface area contributed by atoms with E-state index in [9.17, 15) is 14.0 Å². The Bertz CT molecular complexity index is 799. The fourth-order valence-electron chi connectivity index (χ4n) is 2.96. The minimum Gasteiger partial charge on any atom is -0.352 e. The van der Waals surface area contributed by atoms with Gasteiger partial charge in [-0.1, -0.05) is 49.4 Å². The number of benzene rings is 2. The fourth-order valence-corrected chi connectivity index (χ4v) is 3.83. The molecule has 1 N–H and O–H groups in total. The fraction of sp³-hybridized carbons (Fsp3) is 0.417. The average molecular weight is 431 g/mol. The van der Waals surface area contributed by atoms with Gasteiger partial charge in [-0.05, 0) is 49.9 Å². The molecule has 4 nitrogen and oxygen atoms in total. The zero-order valence-electron chi connectivity index (χ0n) is 17.9. The van der Waals surface area contributed by atoms with E-state index in [2.05, 4.69) is 5.32 Å². The zero-order valence-corrected chi connectivity index (χ0v) is 18.8. The third-order valence-electron chi connectivity index (χ3n) is 5.06. The van der Waals surface area contributed by atoms with E-state index in [1.807, 2.05) is 44.2 Å². The number of nitrogens with zero attached hydrogens (tertiary/aromatic N) is 1. The predicted octanol–water partition coefficient (Wildman–Crippen LogP) is 4.43. The molecule has 0 heterocycles. The van der Waals surface area contributed by atoms with Crippen LogP contribution in [0.4, 0.5) is 4.39 Å². The van der Waals surface area contributed by atoms with Crippen molar-refractivity contribution in [2.45, 2.75) is 51.4 Å². The van der Waals surface area contributed by atoms with Gasteiger partial charge in [-0.15, -0.1) is 11.8 Å². The average Bonchev–Trinajstić information content (AvgIpc) is 2.75. The molecule has 0 saturated carbocycles. The van der Waals surface area contributed by atoms with Gasteiger partial charge in [0, 0.05) is 18.3 Å². The summed E-state index contributed by atoms with van der Waals surface area (Å²) in [6.45, 7) is 6.24. The monoisotopic (exact) mass is 430 g/mol. The second-order valence-corrected chi connectivity index (χ2v) is 8.42. The van der Waals surface area contributed by atoms with Gasteiger partial charge in [-0.25, -0.2) is 4.39 Å². The van der Waals surface area contributed by atoms with Gasteiger partial charge in [-0.3, -0.25) is 9.59 Å². The van der Waals surface area contributed by atoms with Gasteiger partial charge in [0.1, 0.15) is 11.9 Å². The summed E-state index contributed by atoms with van der Waals surface area (Å²) >= 11 is 1.47. The molecule has 0 saturated heterocycles. The lowest BCUT2D eigenvalue weighted by molar-refractivity contribution is -0.138. The Kier molecular flexibility index (Phi) is 9.87. The Labute approximate surface area is 183 Å². The molecular weight excluding hydrogens is 399 g/mol. The molecule has 162 valence electrons. The minimum atomic E-state index is -0.540. The molecular formula is C24H31FN2O2S. The molecule has 0 spiro atoms. The third-order valence-corrected chi connectivity index (χ3v) is 6.05. The van der Waals surface area contributed by atoms with Crippen molar-refractivity contribution in [3.63, 3.8) is 0 Å². The van der Waals surface area contributed by atoms with Crippen LogP contribution in [-0.4, -0.2) is 41.1 Å². The van der Waals surface area contributed by atoms with Crippen LogP contribution in [0.25, 0.3) is 0 Å². The standard InChI is InChI=1S/C24H31FN2O2S/c1-4-18(2)26-24(29)19(3)27(15-14-20-8-6-5-7-9-20)23(28)17-30-16-21-10-12-22(25)13-11-21/h5-13,18-19H,4,14-17H2,1-3H3,(H,26,29)/t18-,19-/m1/s1. The third kappa shape index (κ3) is 7.82. The summed E-state index contributed by atoms with van der Waals surface area (Å²) in [6.07, 6.45) is 1.53. The summed E-state index contributed by atoms with van der Waals surface area (Å²) in [6, 6.07) is 15.8. The maximum Gasteiger partial charge on any atom is 0.242 e. The van der Waals surface area contributed by atoms with Crippen molar-refractivity contribution in [2.75, 3.05) is 12.3 Å². The molecule has 0 aromatic heterocycles. The highest BCUT2D eigenvalue weighted by Crippen LogP contribution is 2.15. The lowest BCUT2D eigenvalue weighted by Crippen LogP contribution is -2.51. The maximum absolute atomic E-state index is 13.0. The highest BCUT2D eigenvalue weighted by molar-refractivity contribution is 7.99. The van der Waals surface area contributed by atoms with Gasteiger partial charge >= 0.3 is 0 Å². The van der Waals surface area contributed by atoms with Crippen molar-refractivity contribution in [3.8, 4) is 0 Å². The summed E-state index contributed by atoms with van der Waals surface area (Å²) in [7, 11) is 0. The highest BCUT2D eigenvalue weighted by Gasteiger charge is 2.26. The smallest absolute Gasteiger partial charge is 0.242 e. The highest BCUT2D eigenvalue weighted by atomic mass is 32.2. The maximum atomic E-state index is 13.0. The molecule has 2 aromatic rings. The molecule has 0 unspecified atom stereocenters. The zero-order chi connectivity index (χ0) is 21.9. The molecule has 2 aromatic carbocycles. The van der Waals surface area contributed by atoms with E-state index in [-0.39, 0.29) is 29.4 Å². The predicted molar refractivity (Wildman–Crippen MR) is 122 cm³/mol. The van der Waals surface area contributed by atoms with Crippen LogP contribution in [0.3, 0.4) is 0 Å². The first-order valence-corrected chi connectivity index (χ1v) is 11.5. The minimum absolute atomic E-state index is 0.0650. The lowest BCUT2D eigenvalue weighted by atomic mass is 10.1. The Balaban J connectivity index is 1.99. The first kappa shape index (κ1) is 23.9. The largest absolute Gasteiger partial charge is 0.352 e. The van der Waals surface area contributed by atoms with E-state index >= 15 is 0 Å². The molecule has 0 fully saturated rings. The molecule has 0 radical (unpaired) electrons. The quantitative estimate of drug-likeness (QED) is 0.574. The summed E-state index contributed by atoms with van der Waals surface area (Å²) in [5, 5.41) is 2.97. The van der Waals surface area contributed by atoms with Crippen LogP contribution >= 0.6 is 11.8 Å². The van der Waals surface area contributed by atoms with Crippen molar-refractivity contribution in [2.24, 2.45) is 0 Å². The Morgan fingerprint density at radius 3 is 2.33 bits per heavy atom. The number of carbonyl (C=O) groups excluding carboxylic acids is 2. The van der Waals surface area contributed by atoms with Gasteiger partial charge in [0.25, 0.3) is 0 Å². The molecule has 2 amide bonds. The van der Waals surface area contributed by atoms with E-state index < -0.39 is 6.04 Å². The second kappa shape index (κ2) is 12.4. The normalized spacial score (nSPS) is 12.8. The number of nitrogens with one attached hydrogen (secondary N) is 1. The van der Waals surface area contributed by atoms with E-state index in [0.717, 1.165) is 17.5 Å². The van der Waals surface area contributed by atoms with Crippen molar-refractivity contribution < 1.29 is 14.0 Å². The molecule has 6 heteroatoms. The molecule has 2 rings (SSSR count). The van der Waals surface area contributed by atoms with Crippen LogP contribution in [0.5, 0.6) is 0 Å². The van der Waals surface area contributed by atoms with Gasteiger partial charge in [0.05, 0.1) is 5.75 Å². The van der Waals surface area contributed by atoms with E-state index in [4.69, 9.17) is 0 Å². The van der Waals surface area contributed by atoms with Crippen molar-refractivity contribution >= 4 is 23.6 Å². The first-order valence-electron chi connectivity index (χ1n) is 10.4. The van der Waals surface area contributed by atoms with Crippen LogP contribution in [0, 0.1) is 5.82 Å². The van der Waals surface area contributed by atoms with Crippen molar-refractivity contribution in [3.05, 3.63) is 71.5 Å². The molecule has 0 aliphatic rings. The Morgan fingerprint density at radius 2 is 1.70 bits per heavy atom. The van der Waals surface area contributed by atoms with Gasteiger partial charge in [0.15, 0.2) is 0 Å².